The molecule has 4 aliphatic rings. The number of likely N-dealkylation sites (tertiary alicyclic amines) is 1. The van der Waals surface area contributed by atoms with Crippen molar-refractivity contribution in [1.82, 2.24) is 9.80 Å². The second kappa shape index (κ2) is 10.2. The van der Waals surface area contributed by atoms with Gasteiger partial charge in [-0.25, -0.2) is 0 Å². The molecule has 0 bridgehead atoms. The number of hydrogen-bond acceptors (Lipinski definition) is 11. The standard InChI is InChI=1S/C27H28N2O10/c1-33-24-16(12-19-25(26(24)34-2)39-14-38-19)21-20(22(30)15-3-4-17-18(11-15)37-13-36-17)23(31)27(32)29(21)6-5-28-7-9-35-10-8-28/h3-4,11-12,21,30H,5-10,13-14H2,1-2H3/b22-20+. The average Bonchev–Trinajstić information content (AvgIpc) is 3.69. The van der Waals surface area contributed by atoms with Gasteiger partial charge in [-0.2, -0.15) is 0 Å². The van der Waals surface area contributed by atoms with Crippen LogP contribution in [0.1, 0.15) is 17.2 Å². The Labute approximate surface area is 224 Å². The third kappa shape index (κ3) is 4.25. The van der Waals surface area contributed by atoms with E-state index >= 15 is 0 Å². The van der Waals surface area contributed by atoms with Crippen molar-refractivity contribution in [2.24, 2.45) is 0 Å². The lowest BCUT2D eigenvalue weighted by atomic mass is 9.93. The lowest BCUT2D eigenvalue weighted by molar-refractivity contribution is -0.140. The first kappa shape index (κ1) is 25.1. The Morgan fingerprint density at radius 3 is 2.41 bits per heavy atom. The van der Waals surface area contributed by atoms with Gasteiger partial charge in [0.1, 0.15) is 5.76 Å². The van der Waals surface area contributed by atoms with Gasteiger partial charge < -0.3 is 43.2 Å². The fourth-order valence-electron chi connectivity index (χ4n) is 5.32. The van der Waals surface area contributed by atoms with E-state index in [1.54, 1.807) is 24.3 Å². The molecule has 39 heavy (non-hydrogen) atoms. The van der Waals surface area contributed by atoms with Gasteiger partial charge >= 0.3 is 0 Å². The van der Waals surface area contributed by atoms with E-state index in [0.29, 0.717) is 67.0 Å². The maximum atomic E-state index is 13.6. The second-order valence-electron chi connectivity index (χ2n) is 9.28. The number of carbonyl (C=O) groups excluding carboxylic acids is 2. The molecule has 0 spiro atoms. The summed E-state index contributed by atoms with van der Waals surface area (Å²) in [4.78, 5) is 30.7. The number of amides is 1. The number of aliphatic hydroxyl groups excluding tert-OH is 1. The van der Waals surface area contributed by atoms with E-state index in [1.165, 1.54) is 19.1 Å². The second-order valence-corrected chi connectivity index (χ2v) is 9.28. The van der Waals surface area contributed by atoms with Crippen LogP contribution in [0.5, 0.6) is 34.5 Å². The molecule has 12 heteroatoms. The SMILES string of the molecule is COc1c(C2/C(=C(\O)c3ccc4c(c3)OCO4)C(=O)C(=O)N2CCN2CCOCC2)cc2c(c1OC)OCO2. The summed E-state index contributed by atoms with van der Waals surface area (Å²) >= 11 is 0. The third-order valence-electron chi connectivity index (χ3n) is 7.25. The van der Waals surface area contributed by atoms with Crippen LogP contribution in [0, 0.1) is 0 Å². The van der Waals surface area contributed by atoms with E-state index in [-0.39, 0.29) is 43.0 Å². The molecule has 1 N–H and O–H groups in total. The van der Waals surface area contributed by atoms with E-state index in [0.717, 1.165) is 0 Å². The predicted molar refractivity (Wildman–Crippen MR) is 135 cm³/mol. The van der Waals surface area contributed by atoms with E-state index < -0.39 is 17.7 Å². The number of morpholine rings is 1. The molecule has 2 aromatic rings. The number of hydrogen-bond donors (Lipinski definition) is 1. The number of benzene rings is 2. The molecule has 0 saturated carbocycles. The van der Waals surface area contributed by atoms with Gasteiger partial charge in [0.25, 0.3) is 11.7 Å². The molecule has 0 aromatic heterocycles. The van der Waals surface area contributed by atoms with Crippen LogP contribution < -0.4 is 28.4 Å². The molecule has 2 aromatic carbocycles. The Bertz CT molecular complexity index is 1350. The van der Waals surface area contributed by atoms with Gasteiger partial charge in [-0.05, 0) is 24.3 Å². The maximum Gasteiger partial charge on any atom is 0.295 e. The fraction of sp³-hybridized carbons (Fsp3) is 0.407. The van der Waals surface area contributed by atoms with Gasteiger partial charge in [-0.3, -0.25) is 14.5 Å². The summed E-state index contributed by atoms with van der Waals surface area (Å²) in [5.41, 5.74) is 0.643. The highest BCUT2D eigenvalue weighted by Gasteiger charge is 2.48. The number of ether oxygens (including phenoxy) is 7. The quantitative estimate of drug-likeness (QED) is 0.315. The van der Waals surface area contributed by atoms with E-state index in [9.17, 15) is 14.7 Å². The van der Waals surface area contributed by atoms with Crippen molar-refractivity contribution >= 4 is 17.4 Å². The Balaban J connectivity index is 1.49. The molecule has 0 radical (unpaired) electrons. The highest BCUT2D eigenvalue weighted by molar-refractivity contribution is 6.46. The third-order valence-corrected chi connectivity index (χ3v) is 7.25. The lowest BCUT2D eigenvalue weighted by Gasteiger charge is -2.31. The van der Waals surface area contributed by atoms with Gasteiger partial charge in [0.05, 0.1) is 39.0 Å². The molecule has 12 nitrogen and oxygen atoms in total. The largest absolute Gasteiger partial charge is 0.507 e. The number of Topliss-reactive ketones (excluding diaryl/α,β-unsaturated/α-hetero) is 1. The highest BCUT2D eigenvalue weighted by Crippen LogP contribution is 2.54. The van der Waals surface area contributed by atoms with E-state index in [4.69, 9.17) is 33.2 Å². The number of aliphatic hydroxyl groups is 1. The van der Waals surface area contributed by atoms with Gasteiger partial charge in [-0.1, -0.05) is 0 Å². The molecule has 4 aliphatic heterocycles. The highest BCUT2D eigenvalue weighted by atomic mass is 16.7. The van der Waals surface area contributed by atoms with Crippen molar-refractivity contribution in [1.29, 1.82) is 0 Å². The van der Waals surface area contributed by atoms with Crippen molar-refractivity contribution < 1.29 is 47.9 Å². The topological polar surface area (TPSA) is 125 Å². The zero-order valence-corrected chi connectivity index (χ0v) is 21.6. The number of nitrogens with zero attached hydrogens (tertiary/aromatic N) is 2. The zero-order chi connectivity index (χ0) is 27.1. The molecule has 2 fully saturated rings. The number of carbonyl (C=O) groups is 2. The Morgan fingerprint density at radius 2 is 1.64 bits per heavy atom. The number of ketones is 1. The Hall–Kier alpha value is -4.16. The van der Waals surface area contributed by atoms with Crippen LogP contribution in [-0.4, -0.2) is 93.8 Å². The summed E-state index contributed by atoms with van der Waals surface area (Å²) in [5.74, 6) is 0.347. The molecule has 6 rings (SSSR count). The molecule has 0 aliphatic carbocycles. The van der Waals surface area contributed by atoms with E-state index in [1.807, 2.05) is 0 Å². The first-order valence-corrected chi connectivity index (χ1v) is 12.5. The summed E-state index contributed by atoms with van der Waals surface area (Å²) < 4.78 is 38.8. The van der Waals surface area contributed by atoms with Crippen LogP contribution in [0.15, 0.2) is 29.8 Å². The number of methoxy groups -OCH3 is 2. The Kier molecular flexibility index (Phi) is 6.57. The molecular weight excluding hydrogens is 512 g/mol. The smallest absolute Gasteiger partial charge is 0.295 e. The van der Waals surface area contributed by atoms with Crippen LogP contribution >= 0.6 is 0 Å². The molecule has 2 saturated heterocycles. The summed E-state index contributed by atoms with van der Waals surface area (Å²) in [6.45, 7) is 3.40. The zero-order valence-electron chi connectivity index (χ0n) is 21.6. The summed E-state index contributed by atoms with van der Waals surface area (Å²) in [6, 6.07) is 5.50. The van der Waals surface area contributed by atoms with Gasteiger partial charge in [0.15, 0.2) is 23.0 Å². The minimum Gasteiger partial charge on any atom is -0.507 e. The molecule has 4 heterocycles. The van der Waals surface area contributed by atoms with Gasteiger partial charge in [0, 0.05) is 37.3 Å². The van der Waals surface area contributed by atoms with Crippen molar-refractivity contribution in [3.8, 4) is 34.5 Å². The predicted octanol–water partition coefficient (Wildman–Crippen LogP) is 1.92. The number of rotatable bonds is 7. The minimum atomic E-state index is -0.991. The summed E-state index contributed by atoms with van der Waals surface area (Å²) in [5, 5.41) is 11.5. The van der Waals surface area contributed by atoms with Gasteiger partial charge in [0.2, 0.25) is 25.1 Å². The lowest BCUT2D eigenvalue weighted by Crippen LogP contribution is -2.42. The molecular formula is C27H28N2O10. The monoisotopic (exact) mass is 540 g/mol. The summed E-state index contributed by atoms with van der Waals surface area (Å²) in [6.07, 6.45) is 0. The van der Waals surface area contributed by atoms with Crippen molar-refractivity contribution in [3.63, 3.8) is 0 Å². The van der Waals surface area contributed by atoms with Gasteiger partial charge in [-0.15, -0.1) is 0 Å². The first-order valence-electron chi connectivity index (χ1n) is 12.5. The van der Waals surface area contributed by atoms with Crippen LogP contribution in [0.3, 0.4) is 0 Å². The van der Waals surface area contributed by atoms with Crippen molar-refractivity contribution in [2.75, 3.05) is 67.2 Å². The molecule has 1 atom stereocenters. The van der Waals surface area contributed by atoms with Crippen LogP contribution in [-0.2, 0) is 14.3 Å². The van der Waals surface area contributed by atoms with Crippen LogP contribution in [0.25, 0.3) is 5.76 Å². The summed E-state index contributed by atoms with van der Waals surface area (Å²) in [7, 11) is 2.92. The first-order chi connectivity index (χ1) is 19.0. The molecule has 1 unspecified atom stereocenters. The minimum absolute atomic E-state index is 0.0211. The molecule has 206 valence electrons. The Morgan fingerprint density at radius 1 is 0.923 bits per heavy atom. The van der Waals surface area contributed by atoms with Crippen molar-refractivity contribution in [2.45, 2.75) is 6.04 Å². The van der Waals surface area contributed by atoms with Crippen molar-refractivity contribution in [3.05, 3.63) is 41.0 Å². The van der Waals surface area contributed by atoms with Crippen LogP contribution in [0.4, 0.5) is 0 Å². The number of fused-ring (bicyclic) bond motifs is 2. The van der Waals surface area contributed by atoms with Crippen LogP contribution in [0.2, 0.25) is 0 Å². The fourth-order valence-corrected chi connectivity index (χ4v) is 5.32. The molecule has 1 amide bonds. The average molecular weight is 541 g/mol. The van der Waals surface area contributed by atoms with E-state index in [2.05, 4.69) is 4.90 Å². The maximum absolute atomic E-state index is 13.6. The normalized spacial score (nSPS) is 21.5.